The van der Waals surface area contributed by atoms with Crippen molar-refractivity contribution in [3.05, 3.63) is 21.4 Å². The topological polar surface area (TPSA) is 12.5 Å². The third kappa shape index (κ3) is 1.02. The first-order chi connectivity index (χ1) is 5.95. The van der Waals surface area contributed by atoms with Crippen molar-refractivity contribution in [1.82, 2.24) is 0 Å². The highest BCUT2D eigenvalue weighted by Crippen LogP contribution is 2.39. The maximum Gasteiger partial charge on any atom is 0.107 e. The van der Waals surface area contributed by atoms with Crippen molar-refractivity contribution >= 4 is 11.3 Å². The van der Waals surface area contributed by atoms with Crippen molar-refractivity contribution in [2.75, 3.05) is 6.61 Å². The van der Waals surface area contributed by atoms with Gasteiger partial charge >= 0.3 is 0 Å². The summed E-state index contributed by atoms with van der Waals surface area (Å²) in [5.74, 6) is 0. The van der Waals surface area contributed by atoms with Gasteiger partial charge in [-0.15, -0.1) is 11.3 Å². The lowest BCUT2D eigenvalue weighted by atomic mass is 9.95. The molecule has 1 aromatic heterocycles. The molecule has 1 nitrogen and oxygen atoms in total. The smallest absolute Gasteiger partial charge is 0.107 e. The van der Waals surface area contributed by atoms with Gasteiger partial charge in [0.2, 0.25) is 0 Å². The summed E-state index contributed by atoms with van der Waals surface area (Å²) in [5, 5.41) is 2.31. The maximum atomic E-state index is 5.33. The minimum Gasteiger partial charge on any atom is -0.368 e. The molecule has 0 N–H and O–H groups in total. The number of epoxide rings is 1. The zero-order valence-electron chi connectivity index (χ0n) is 7.01. The van der Waals surface area contributed by atoms with E-state index in [1.807, 2.05) is 11.3 Å². The molecule has 1 atom stereocenters. The number of ether oxygens (including phenoxy) is 1. The van der Waals surface area contributed by atoms with Crippen LogP contribution in [0, 0.1) is 0 Å². The van der Waals surface area contributed by atoms with Crippen molar-refractivity contribution in [2.24, 2.45) is 0 Å². The molecule has 0 bridgehead atoms. The Morgan fingerprint density at radius 2 is 2.17 bits per heavy atom. The van der Waals surface area contributed by atoms with Crippen molar-refractivity contribution in [1.29, 1.82) is 0 Å². The fourth-order valence-electron chi connectivity index (χ4n) is 2.02. The predicted molar refractivity (Wildman–Crippen MR) is 49.7 cm³/mol. The lowest BCUT2D eigenvalue weighted by Gasteiger charge is -2.11. The van der Waals surface area contributed by atoms with Crippen LogP contribution in [0.2, 0.25) is 0 Å². The van der Waals surface area contributed by atoms with Gasteiger partial charge in [0.1, 0.15) is 6.10 Å². The van der Waals surface area contributed by atoms with Gasteiger partial charge in [0.05, 0.1) is 6.61 Å². The Kier molecular flexibility index (Phi) is 1.52. The Morgan fingerprint density at radius 3 is 3.00 bits per heavy atom. The first-order valence-electron chi connectivity index (χ1n) is 4.66. The van der Waals surface area contributed by atoms with E-state index >= 15 is 0 Å². The van der Waals surface area contributed by atoms with Crippen LogP contribution in [0.1, 0.15) is 34.9 Å². The number of hydrogen-bond acceptors (Lipinski definition) is 2. The maximum absolute atomic E-state index is 5.33. The van der Waals surface area contributed by atoms with Crippen LogP contribution in [0.4, 0.5) is 0 Å². The second-order valence-electron chi connectivity index (χ2n) is 3.62. The van der Waals surface area contributed by atoms with Crippen LogP contribution in [0.3, 0.4) is 0 Å². The summed E-state index contributed by atoms with van der Waals surface area (Å²) in [7, 11) is 0. The fourth-order valence-corrected chi connectivity index (χ4v) is 3.20. The van der Waals surface area contributed by atoms with E-state index in [2.05, 4.69) is 5.38 Å². The van der Waals surface area contributed by atoms with E-state index in [9.17, 15) is 0 Å². The molecule has 2 heterocycles. The zero-order valence-corrected chi connectivity index (χ0v) is 7.82. The van der Waals surface area contributed by atoms with Crippen molar-refractivity contribution in [3.63, 3.8) is 0 Å². The second-order valence-corrected chi connectivity index (χ2v) is 4.59. The van der Waals surface area contributed by atoms with E-state index in [1.165, 1.54) is 31.2 Å². The molecule has 2 aliphatic rings. The van der Waals surface area contributed by atoms with Crippen LogP contribution < -0.4 is 0 Å². The highest BCUT2D eigenvalue weighted by molar-refractivity contribution is 7.10. The summed E-state index contributed by atoms with van der Waals surface area (Å²) in [5.41, 5.74) is 3.14. The number of fused-ring (bicyclic) bond motifs is 1. The average Bonchev–Trinajstić information content (AvgIpc) is 2.86. The summed E-state index contributed by atoms with van der Waals surface area (Å²) in [4.78, 5) is 1.63. The number of hydrogen-bond donors (Lipinski definition) is 0. The van der Waals surface area contributed by atoms with E-state index in [4.69, 9.17) is 4.74 Å². The van der Waals surface area contributed by atoms with Gasteiger partial charge in [-0.3, -0.25) is 0 Å². The van der Waals surface area contributed by atoms with Gasteiger partial charge in [-0.05, 0) is 42.2 Å². The second kappa shape index (κ2) is 2.57. The number of rotatable bonds is 1. The lowest BCUT2D eigenvalue weighted by Crippen LogP contribution is -2.00. The fraction of sp³-hybridized carbons (Fsp3) is 0.600. The SMILES string of the molecule is c1sc2c(c1[C@H]1CO1)CCCC2. The molecule has 0 saturated carbocycles. The van der Waals surface area contributed by atoms with E-state index in [0.29, 0.717) is 6.10 Å². The van der Waals surface area contributed by atoms with Gasteiger partial charge in [-0.2, -0.15) is 0 Å². The van der Waals surface area contributed by atoms with E-state index in [1.54, 1.807) is 10.4 Å². The summed E-state index contributed by atoms with van der Waals surface area (Å²) in [6.45, 7) is 0.961. The first kappa shape index (κ1) is 7.10. The lowest BCUT2D eigenvalue weighted by molar-refractivity contribution is 0.414. The molecule has 0 aromatic carbocycles. The normalized spacial score (nSPS) is 26.8. The van der Waals surface area contributed by atoms with Gasteiger partial charge in [0.15, 0.2) is 0 Å². The van der Waals surface area contributed by atoms with Gasteiger partial charge < -0.3 is 4.74 Å². The van der Waals surface area contributed by atoms with Crippen molar-refractivity contribution in [2.45, 2.75) is 31.8 Å². The molecule has 0 amide bonds. The quantitative estimate of drug-likeness (QED) is 0.605. The summed E-state index contributed by atoms with van der Waals surface area (Å²) < 4.78 is 5.33. The molecule has 1 aliphatic heterocycles. The third-order valence-corrected chi connectivity index (χ3v) is 3.88. The van der Waals surface area contributed by atoms with E-state index in [0.717, 1.165) is 6.61 Å². The molecule has 2 heteroatoms. The monoisotopic (exact) mass is 180 g/mol. The Morgan fingerprint density at radius 1 is 1.33 bits per heavy atom. The summed E-state index contributed by atoms with van der Waals surface area (Å²) in [6.07, 6.45) is 5.85. The molecule has 12 heavy (non-hydrogen) atoms. The Balaban J connectivity index is 2.03. The largest absolute Gasteiger partial charge is 0.368 e. The van der Waals surface area contributed by atoms with E-state index < -0.39 is 0 Å². The molecule has 64 valence electrons. The highest BCUT2D eigenvalue weighted by atomic mass is 32.1. The minimum absolute atomic E-state index is 0.475. The van der Waals surface area contributed by atoms with Gasteiger partial charge in [-0.1, -0.05) is 0 Å². The molecule has 3 rings (SSSR count). The molecule has 1 aliphatic carbocycles. The molecular weight excluding hydrogens is 168 g/mol. The Labute approximate surface area is 76.4 Å². The Hall–Kier alpha value is -0.340. The summed E-state index contributed by atoms with van der Waals surface area (Å²) in [6, 6.07) is 0. The van der Waals surface area contributed by atoms with Crippen LogP contribution >= 0.6 is 11.3 Å². The standard InChI is InChI=1S/C10H12OS/c1-2-4-10-7(3-1)8(6-12-10)9-5-11-9/h6,9H,1-5H2/t9-/m1/s1. The molecule has 0 unspecified atom stereocenters. The van der Waals surface area contributed by atoms with Crippen LogP contribution in [0.25, 0.3) is 0 Å². The number of thiophene rings is 1. The first-order valence-corrected chi connectivity index (χ1v) is 5.54. The van der Waals surface area contributed by atoms with Crippen molar-refractivity contribution in [3.8, 4) is 0 Å². The van der Waals surface area contributed by atoms with Crippen LogP contribution in [0.15, 0.2) is 5.38 Å². The van der Waals surface area contributed by atoms with Gasteiger partial charge in [0.25, 0.3) is 0 Å². The average molecular weight is 180 g/mol. The molecule has 1 saturated heterocycles. The van der Waals surface area contributed by atoms with E-state index in [-0.39, 0.29) is 0 Å². The van der Waals surface area contributed by atoms with Crippen LogP contribution in [-0.2, 0) is 17.6 Å². The Bertz CT molecular complexity index is 299. The van der Waals surface area contributed by atoms with Crippen molar-refractivity contribution < 1.29 is 4.74 Å². The molecule has 1 fully saturated rings. The predicted octanol–water partition coefficient (Wildman–Crippen LogP) is 2.70. The zero-order chi connectivity index (χ0) is 7.97. The summed E-state index contributed by atoms with van der Waals surface area (Å²) >= 11 is 1.94. The third-order valence-electron chi connectivity index (χ3n) is 2.77. The van der Waals surface area contributed by atoms with Gasteiger partial charge in [-0.25, -0.2) is 0 Å². The highest BCUT2D eigenvalue weighted by Gasteiger charge is 2.30. The number of aryl methyl sites for hydroxylation is 1. The molecule has 0 spiro atoms. The molecule has 0 radical (unpaired) electrons. The van der Waals surface area contributed by atoms with Crippen LogP contribution in [-0.4, -0.2) is 6.61 Å². The minimum atomic E-state index is 0.475. The molecule has 1 aromatic rings. The van der Waals surface area contributed by atoms with Crippen LogP contribution in [0.5, 0.6) is 0 Å². The van der Waals surface area contributed by atoms with Gasteiger partial charge in [0, 0.05) is 4.88 Å². The molecular formula is C10H12OS.